The molecule has 18 heavy (non-hydrogen) atoms. The number of fused-ring (bicyclic) bond motifs is 1. The molecule has 1 aromatic rings. The number of hydrogen-bond acceptors (Lipinski definition) is 2. The van der Waals surface area contributed by atoms with Gasteiger partial charge in [0.1, 0.15) is 0 Å². The van der Waals surface area contributed by atoms with Gasteiger partial charge < -0.3 is 10.4 Å². The van der Waals surface area contributed by atoms with Crippen molar-refractivity contribution >= 4 is 11.6 Å². The molecule has 3 nitrogen and oxygen atoms in total. The highest BCUT2D eigenvalue weighted by Crippen LogP contribution is 2.34. The Bertz CT molecular complexity index is 464. The molecule has 1 atom stereocenters. The molecule has 1 amide bonds. The lowest BCUT2D eigenvalue weighted by Crippen LogP contribution is -2.04. The van der Waals surface area contributed by atoms with Crippen LogP contribution in [0.5, 0.6) is 0 Å². The summed E-state index contributed by atoms with van der Waals surface area (Å²) in [6.45, 7) is 0. The summed E-state index contributed by atoms with van der Waals surface area (Å²) in [6, 6.07) is 5.82. The first-order valence-electron chi connectivity index (χ1n) is 6.83. The number of aliphatic hydroxyl groups is 1. The Balaban J connectivity index is 1.72. The Labute approximate surface area is 107 Å². The van der Waals surface area contributed by atoms with Crippen LogP contribution in [-0.4, -0.2) is 11.0 Å². The molecule has 1 aliphatic heterocycles. The van der Waals surface area contributed by atoms with Gasteiger partial charge in [0.2, 0.25) is 5.91 Å². The van der Waals surface area contributed by atoms with E-state index >= 15 is 0 Å². The Hall–Kier alpha value is -1.35. The van der Waals surface area contributed by atoms with E-state index in [-0.39, 0.29) is 12.0 Å². The van der Waals surface area contributed by atoms with Crippen molar-refractivity contribution in [3.8, 4) is 0 Å². The van der Waals surface area contributed by atoms with E-state index < -0.39 is 0 Å². The van der Waals surface area contributed by atoms with Crippen LogP contribution in [0.1, 0.15) is 49.3 Å². The average molecular weight is 245 g/mol. The minimum Gasteiger partial charge on any atom is -0.388 e. The molecule has 3 rings (SSSR count). The Morgan fingerprint density at radius 3 is 2.89 bits per heavy atom. The van der Waals surface area contributed by atoms with Gasteiger partial charge in [-0.25, -0.2) is 0 Å². The summed E-state index contributed by atoms with van der Waals surface area (Å²) in [4.78, 5) is 11.3. The van der Waals surface area contributed by atoms with Crippen LogP contribution in [0.25, 0.3) is 0 Å². The van der Waals surface area contributed by atoms with Gasteiger partial charge in [0.15, 0.2) is 0 Å². The molecular formula is C15H19NO2. The number of benzene rings is 1. The van der Waals surface area contributed by atoms with Crippen LogP contribution in [0.15, 0.2) is 18.2 Å². The monoisotopic (exact) mass is 245 g/mol. The van der Waals surface area contributed by atoms with Crippen molar-refractivity contribution < 1.29 is 9.90 Å². The van der Waals surface area contributed by atoms with Gasteiger partial charge in [-0.2, -0.15) is 0 Å². The highest BCUT2D eigenvalue weighted by Gasteiger charge is 2.22. The van der Waals surface area contributed by atoms with E-state index in [0.717, 1.165) is 23.2 Å². The number of hydrogen-bond donors (Lipinski definition) is 2. The number of amides is 1. The van der Waals surface area contributed by atoms with E-state index in [1.54, 1.807) is 0 Å². The third-order valence-corrected chi connectivity index (χ3v) is 4.17. The molecule has 1 saturated carbocycles. The second kappa shape index (κ2) is 4.73. The summed E-state index contributed by atoms with van der Waals surface area (Å²) in [7, 11) is 0. The fraction of sp³-hybridized carbons (Fsp3) is 0.533. The first kappa shape index (κ1) is 11.7. The van der Waals surface area contributed by atoms with E-state index in [2.05, 4.69) is 5.32 Å². The normalized spacial score (nSPS) is 20.8. The summed E-state index contributed by atoms with van der Waals surface area (Å²) in [6.07, 6.45) is 6.04. The maximum absolute atomic E-state index is 11.3. The van der Waals surface area contributed by atoms with Crippen molar-refractivity contribution in [1.82, 2.24) is 0 Å². The molecule has 0 aromatic heterocycles. The molecule has 2 aliphatic rings. The van der Waals surface area contributed by atoms with Gasteiger partial charge in [0.25, 0.3) is 0 Å². The van der Waals surface area contributed by atoms with Crippen LogP contribution >= 0.6 is 0 Å². The van der Waals surface area contributed by atoms with Crippen LogP contribution in [0.3, 0.4) is 0 Å². The second-order valence-corrected chi connectivity index (χ2v) is 5.54. The standard InChI is InChI=1S/C15H19NO2/c17-14(7-10-3-1-2-4-10)11-5-6-13-12(8-11)9-15(18)16-13/h5-6,8,10,14,17H,1-4,7,9H2,(H,16,18). The van der Waals surface area contributed by atoms with Gasteiger partial charge in [-0.3, -0.25) is 4.79 Å². The molecule has 1 heterocycles. The van der Waals surface area contributed by atoms with Crippen molar-refractivity contribution in [2.75, 3.05) is 5.32 Å². The quantitative estimate of drug-likeness (QED) is 0.860. The Morgan fingerprint density at radius 1 is 1.33 bits per heavy atom. The van der Waals surface area contributed by atoms with Crippen molar-refractivity contribution in [1.29, 1.82) is 0 Å². The van der Waals surface area contributed by atoms with Crippen molar-refractivity contribution in [2.24, 2.45) is 5.92 Å². The first-order chi connectivity index (χ1) is 8.72. The molecule has 3 heteroatoms. The summed E-state index contributed by atoms with van der Waals surface area (Å²) in [5.74, 6) is 0.723. The number of nitrogens with one attached hydrogen (secondary N) is 1. The number of anilines is 1. The zero-order valence-electron chi connectivity index (χ0n) is 10.5. The number of carbonyl (C=O) groups excluding carboxylic acids is 1. The molecule has 0 saturated heterocycles. The van der Waals surface area contributed by atoms with Crippen LogP contribution in [0, 0.1) is 5.92 Å². The summed E-state index contributed by atoms with van der Waals surface area (Å²) < 4.78 is 0. The zero-order chi connectivity index (χ0) is 12.5. The van der Waals surface area contributed by atoms with Gasteiger partial charge in [-0.05, 0) is 29.5 Å². The highest BCUT2D eigenvalue weighted by molar-refractivity contribution is 5.99. The van der Waals surface area contributed by atoms with Gasteiger partial charge in [-0.1, -0.05) is 37.8 Å². The molecule has 0 spiro atoms. The topological polar surface area (TPSA) is 49.3 Å². The van der Waals surface area contributed by atoms with E-state index in [1.165, 1.54) is 25.7 Å². The van der Waals surface area contributed by atoms with Gasteiger partial charge in [-0.15, -0.1) is 0 Å². The fourth-order valence-electron chi connectivity index (χ4n) is 3.15. The van der Waals surface area contributed by atoms with Crippen LogP contribution in [0.4, 0.5) is 5.69 Å². The van der Waals surface area contributed by atoms with Crippen molar-refractivity contribution in [3.63, 3.8) is 0 Å². The van der Waals surface area contributed by atoms with Crippen LogP contribution < -0.4 is 5.32 Å². The maximum Gasteiger partial charge on any atom is 0.228 e. The molecule has 0 bridgehead atoms. The fourth-order valence-corrected chi connectivity index (χ4v) is 3.15. The Kier molecular flexibility index (Phi) is 3.08. The molecule has 2 N–H and O–H groups in total. The highest BCUT2D eigenvalue weighted by atomic mass is 16.3. The second-order valence-electron chi connectivity index (χ2n) is 5.54. The van der Waals surface area contributed by atoms with E-state index in [1.807, 2.05) is 18.2 Å². The van der Waals surface area contributed by atoms with Crippen molar-refractivity contribution in [2.45, 2.75) is 44.6 Å². The largest absolute Gasteiger partial charge is 0.388 e. The van der Waals surface area contributed by atoms with Gasteiger partial charge >= 0.3 is 0 Å². The third-order valence-electron chi connectivity index (χ3n) is 4.17. The average Bonchev–Trinajstić information content (AvgIpc) is 2.95. The van der Waals surface area contributed by atoms with E-state index in [0.29, 0.717) is 12.3 Å². The third kappa shape index (κ3) is 2.27. The molecule has 0 radical (unpaired) electrons. The number of rotatable bonds is 3. The van der Waals surface area contributed by atoms with Crippen LogP contribution in [-0.2, 0) is 11.2 Å². The summed E-state index contributed by atoms with van der Waals surface area (Å²) in [5, 5.41) is 13.1. The molecular weight excluding hydrogens is 226 g/mol. The Morgan fingerprint density at radius 2 is 2.11 bits per heavy atom. The number of aliphatic hydroxyl groups excluding tert-OH is 1. The minimum atomic E-state index is -0.380. The smallest absolute Gasteiger partial charge is 0.228 e. The first-order valence-corrected chi connectivity index (χ1v) is 6.83. The lowest BCUT2D eigenvalue weighted by molar-refractivity contribution is -0.115. The van der Waals surface area contributed by atoms with Crippen LogP contribution in [0.2, 0.25) is 0 Å². The lowest BCUT2D eigenvalue weighted by atomic mass is 9.94. The molecule has 1 aromatic carbocycles. The predicted molar refractivity (Wildman–Crippen MR) is 70.3 cm³/mol. The van der Waals surface area contributed by atoms with Gasteiger partial charge in [0.05, 0.1) is 12.5 Å². The molecule has 1 unspecified atom stereocenters. The lowest BCUT2D eigenvalue weighted by Gasteiger charge is -2.16. The van der Waals surface area contributed by atoms with Gasteiger partial charge in [0, 0.05) is 5.69 Å². The minimum absolute atomic E-state index is 0.0485. The molecule has 1 fully saturated rings. The maximum atomic E-state index is 11.3. The number of carbonyl (C=O) groups is 1. The summed E-state index contributed by atoms with van der Waals surface area (Å²) in [5.41, 5.74) is 2.87. The van der Waals surface area contributed by atoms with E-state index in [9.17, 15) is 9.90 Å². The van der Waals surface area contributed by atoms with Crippen molar-refractivity contribution in [3.05, 3.63) is 29.3 Å². The molecule has 96 valence electrons. The zero-order valence-corrected chi connectivity index (χ0v) is 10.5. The summed E-state index contributed by atoms with van der Waals surface area (Å²) >= 11 is 0. The molecule has 1 aliphatic carbocycles. The predicted octanol–water partition coefficient (Wildman–Crippen LogP) is 2.79. The SMILES string of the molecule is O=C1Cc2cc(C(O)CC3CCCC3)ccc2N1. The van der Waals surface area contributed by atoms with E-state index in [4.69, 9.17) is 0 Å².